The molecular weight excluding hydrogens is 729 g/mol. The van der Waals surface area contributed by atoms with E-state index in [1.165, 1.54) is 68.8 Å². The third-order valence-electron chi connectivity index (χ3n) is 6.66. The number of hydrogen-bond acceptors (Lipinski definition) is 14. The van der Waals surface area contributed by atoms with Crippen molar-refractivity contribution >= 4 is 36.3 Å². The molecule has 0 bridgehead atoms. The Morgan fingerprint density at radius 1 is 0.667 bits per heavy atom. The molecule has 0 atom stereocenters. The minimum Gasteiger partial charge on any atom is -0.496 e. The van der Waals surface area contributed by atoms with Gasteiger partial charge in [0.1, 0.15) is 24.7 Å². The molecule has 51 heavy (non-hydrogen) atoms. The van der Waals surface area contributed by atoms with E-state index in [-0.39, 0.29) is 58.8 Å². The van der Waals surface area contributed by atoms with E-state index >= 15 is 0 Å². The van der Waals surface area contributed by atoms with E-state index < -0.39 is 36.3 Å². The van der Waals surface area contributed by atoms with Gasteiger partial charge in [-0.3, -0.25) is 0 Å². The summed E-state index contributed by atoms with van der Waals surface area (Å²) < 4.78 is 111. The molecule has 0 saturated carbocycles. The molecule has 0 saturated heterocycles. The summed E-state index contributed by atoms with van der Waals surface area (Å²) in [7, 11) is -9.47. The fraction of sp³-hybridized carbons (Fsp3) is 0.206. The van der Waals surface area contributed by atoms with Crippen LogP contribution >= 0.6 is 0 Å². The number of carbonyl (C=O) groups excluding carboxylic acids is 1. The number of ether oxygens (including phenoxy) is 4. The van der Waals surface area contributed by atoms with E-state index in [1.54, 1.807) is 24.3 Å². The van der Waals surface area contributed by atoms with Crippen LogP contribution in [0.2, 0.25) is 0 Å². The number of rotatable bonds is 16. The topological polar surface area (TPSA) is 184 Å². The summed E-state index contributed by atoms with van der Waals surface area (Å²) in [6, 6.07) is 18.0. The molecule has 0 radical (unpaired) electrons. The Morgan fingerprint density at radius 2 is 1.27 bits per heavy atom. The van der Waals surface area contributed by atoms with Crippen molar-refractivity contribution < 1.29 is 61.5 Å². The normalized spacial score (nSPS) is 11.6. The van der Waals surface area contributed by atoms with Crippen LogP contribution in [0.3, 0.4) is 0 Å². The Morgan fingerprint density at radius 3 is 1.82 bits per heavy atom. The van der Waals surface area contributed by atoms with E-state index in [0.717, 1.165) is 18.8 Å². The molecule has 272 valence electrons. The lowest BCUT2D eigenvalue weighted by Gasteiger charge is -2.21. The van der Waals surface area contributed by atoms with Crippen LogP contribution in [0.1, 0.15) is 15.9 Å². The number of esters is 1. The second kappa shape index (κ2) is 15.7. The molecule has 0 aliphatic carbocycles. The average Bonchev–Trinajstić information content (AvgIpc) is 3.04. The predicted octanol–water partition coefficient (Wildman–Crippen LogP) is 4.97. The van der Waals surface area contributed by atoms with Crippen molar-refractivity contribution in [3.05, 3.63) is 96.6 Å². The van der Waals surface area contributed by atoms with Crippen LogP contribution in [0, 0.1) is 0 Å². The molecule has 0 unspecified atom stereocenters. The molecule has 4 aromatic rings. The number of hydrogen-bond donors (Lipinski definition) is 0. The van der Waals surface area contributed by atoms with Crippen LogP contribution in [0.4, 0.5) is 0 Å². The minimum absolute atomic E-state index is 0.0168. The molecule has 4 rings (SSSR count). The second-order valence-electron chi connectivity index (χ2n) is 10.8. The fourth-order valence-electron chi connectivity index (χ4n) is 4.69. The first-order chi connectivity index (χ1) is 23.9. The molecule has 0 fully saturated rings. The molecule has 0 aromatic heterocycles. The van der Waals surface area contributed by atoms with Gasteiger partial charge < -0.3 is 31.5 Å². The van der Waals surface area contributed by atoms with Crippen molar-refractivity contribution in [2.75, 3.05) is 39.6 Å². The lowest BCUT2D eigenvalue weighted by atomic mass is 9.96. The van der Waals surface area contributed by atoms with Gasteiger partial charge in [0.2, 0.25) is 0 Å². The van der Waals surface area contributed by atoms with Gasteiger partial charge in [-0.25, -0.2) is 4.79 Å². The molecule has 0 heterocycles. The van der Waals surface area contributed by atoms with Crippen LogP contribution in [-0.4, -0.2) is 70.8 Å². The Labute approximate surface area is 296 Å². The zero-order valence-corrected chi connectivity index (χ0v) is 30.5. The predicted molar refractivity (Wildman–Crippen MR) is 188 cm³/mol. The Bertz CT molecular complexity index is 2250. The van der Waals surface area contributed by atoms with Gasteiger partial charge >= 0.3 is 36.3 Å². The largest absolute Gasteiger partial charge is 0.496 e. The molecule has 0 amide bonds. The second-order valence-corrected chi connectivity index (χ2v) is 15.5. The van der Waals surface area contributed by atoms with Crippen molar-refractivity contribution in [3.8, 4) is 56.8 Å². The molecule has 14 nitrogen and oxygen atoms in total. The SMILES string of the molecule is C=CCOC(=O)c1ccc(COc2ccc(-c3c(OC)cc(-c4ccc(OS(C)(=O)=O)cc4)c(OC)c3OS(C)(=O)=O)cc2OS(C)(=O)=O)cc1. The molecule has 0 aliphatic heterocycles. The quantitative estimate of drug-likeness (QED) is 0.0846. The number of benzene rings is 4. The highest BCUT2D eigenvalue weighted by molar-refractivity contribution is 7.86. The lowest BCUT2D eigenvalue weighted by Crippen LogP contribution is -2.10. The first kappa shape index (κ1) is 38.5. The third-order valence-corrected chi connectivity index (χ3v) is 8.11. The lowest BCUT2D eigenvalue weighted by molar-refractivity contribution is 0.0549. The van der Waals surface area contributed by atoms with Crippen molar-refractivity contribution in [2.45, 2.75) is 6.61 Å². The summed E-state index contributed by atoms with van der Waals surface area (Å²) in [5, 5.41) is 0. The van der Waals surface area contributed by atoms with Gasteiger partial charge in [0, 0.05) is 5.56 Å². The Balaban J connectivity index is 1.81. The van der Waals surface area contributed by atoms with Gasteiger partial charge in [0.25, 0.3) is 0 Å². The Hall–Kier alpha value is -5.26. The van der Waals surface area contributed by atoms with Gasteiger partial charge in [-0.1, -0.05) is 43.0 Å². The van der Waals surface area contributed by atoms with Gasteiger partial charge in [0.15, 0.2) is 23.0 Å². The highest BCUT2D eigenvalue weighted by atomic mass is 32.2. The van der Waals surface area contributed by atoms with Crippen LogP contribution < -0.4 is 26.8 Å². The van der Waals surface area contributed by atoms with Gasteiger partial charge in [0.05, 0.1) is 44.1 Å². The maximum absolute atomic E-state index is 12.6. The maximum atomic E-state index is 12.6. The van der Waals surface area contributed by atoms with Gasteiger partial charge in [-0.15, -0.1) is 0 Å². The smallest absolute Gasteiger partial charge is 0.338 e. The zero-order valence-electron chi connectivity index (χ0n) is 28.1. The van der Waals surface area contributed by atoms with Crippen molar-refractivity contribution in [1.82, 2.24) is 0 Å². The number of methoxy groups -OCH3 is 2. The summed E-state index contributed by atoms with van der Waals surface area (Å²) in [5.74, 6) is -0.963. The van der Waals surface area contributed by atoms with E-state index in [2.05, 4.69) is 6.58 Å². The van der Waals surface area contributed by atoms with Crippen molar-refractivity contribution in [2.24, 2.45) is 0 Å². The molecule has 17 heteroatoms. The van der Waals surface area contributed by atoms with Crippen LogP contribution in [0.25, 0.3) is 22.3 Å². The van der Waals surface area contributed by atoms with E-state index in [9.17, 15) is 30.0 Å². The maximum Gasteiger partial charge on any atom is 0.338 e. The van der Waals surface area contributed by atoms with E-state index in [4.69, 9.17) is 31.5 Å². The minimum atomic E-state index is -4.20. The summed E-state index contributed by atoms with van der Waals surface area (Å²) in [6.07, 6.45) is 4.03. The Kier molecular flexibility index (Phi) is 11.9. The zero-order chi connectivity index (χ0) is 37.6. The molecular formula is C34H34O14S3. The van der Waals surface area contributed by atoms with E-state index in [1.807, 2.05) is 0 Å². The van der Waals surface area contributed by atoms with Crippen molar-refractivity contribution in [1.29, 1.82) is 0 Å². The van der Waals surface area contributed by atoms with Crippen molar-refractivity contribution in [3.63, 3.8) is 0 Å². The molecule has 0 N–H and O–H groups in total. The third kappa shape index (κ3) is 10.6. The van der Waals surface area contributed by atoms with Gasteiger partial charge in [-0.2, -0.15) is 25.3 Å². The monoisotopic (exact) mass is 762 g/mol. The first-order valence-electron chi connectivity index (χ1n) is 14.6. The van der Waals surface area contributed by atoms with E-state index in [0.29, 0.717) is 22.3 Å². The molecule has 0 spiro atoms. The summed E-state index contributed by atoms with van der Waals surface area (Å²) in [5.41, 5.74) is 1.95. The van der Waals surface area contributed by atoms with Crippen LogP contribution in [0.5, 0.6) is 34.5 Å². The van der Waals surface area contributed by atoms with Crippen LogP contribution in [0.15, 0.2) is 85.5 Å². The summed E-state index contributed by atoms with van der Waals surface area (Å²) in [4.78, 5) is 12.1. The van der Waals surface area contributed by atoms with Gasteiger partial charge in [-0.05, 0) is 59.2 Å². The number of carbonyl (C=O) groups is 1. The summed E-state index contributed by atoms with van der Waals surface area (Å²) in [6.45, 7) is 3.51. The van der Waals surface area contributed by atoms with Crippen LogP contribution in [-0.2, 0) is 41.7 Å². The average molecular weight is 763 g/mol. The fourth-order valence-corrected chi connectivity index (χ4v) is 6.07. The molecule has 4 aromatic carbocycles. The summed E-state index contributed by atoms with van der Waals surface area (Å²) >= 11 is 0. The first-order valence-corrected chi connectivity index (χ1v) is 20.1. The highest BCUT2D eigenvalue weighted by Crippen LogP contribution is 2.52. The standard InChI is InChI=1S/C34H34O14S3/c1-7-18-44-34(35)24-10-8-22(9-11-24)21-45-28-17-14-25(19-29(28)47-50(5,38)39)31-30(42-2)20-27(32(43-3)33(31)48-51(6,40)41)23-12-15-26(16-13-23)46-49(4,36)37/h7-17,19-20H,1,18,21H2,2-6H3. The highest BCUT2D eigenvalue weighted by Gasteiger charge is 2.27. The molecule has 0 aliphatic rings.